The molecule has 0 atom stereocenters. The van der Waals surface area contributed by atoms with Gasteiger partial charge in [-0.15, -0.1) is 21.5 Å². The SMILES string of the molecule is CC(C)CCc1noc(CSc2nnc(Cc3cccs3)o2)n1. The van der Waals surface area contributed by atoms with Crippen molar-refractivity contribution in [2.24, 2.45) is 5.92 Å². The monoisotopic (exact) mass is 350 g/mol. The predicted molar refractivity (Wildman–Crippen MR) is 88.4 cm³/mol. The molecule has 6 nitrogen and oxygen atoms in total. The Bertz CT molecular complexity index is 722. The predicted octanol–water partition coefficient (Wildman–Crippen LogP) is 3.99. The summed E-state index contributed by atoms with van der Waals surface area (Å²) in [5.74, 6) is 3.14. The number of aryl methyl sites for hydroxylation is 1. The van der Waals surface area contributed by atoms with Crippen molar-refractivity contribution < 1.29 is 8.94 Å². The van der Waals surface area contributed by atoms with Gasteiger partial charge < -0.3 is 8.94 Å². The average Bonchev–Trinajstić information content (AvgIpc) is 3.26. The Balaban J connectivity index is 1.49. The zero-order valence-corrected chi connectivity index (χ0v) is 14.7. The highest BCUT2D eigenvalue weighted by molar-refractivity contribution is 7.98. The second-order valence-corrected chi connectivity index (χ2v) is 7.50. The van der Waals surface area contributed by atoms with Crippen molar-refractivity contribution in [3.63, 3.8) is 0 Å². The summed E-state index contributed by atoms with van der Waals surface area (Å²) >= 11 is 3.09. The van der Waals surface area contributed by atoms with Crippen LogP contribution in [0.15, 0.2) is 31.7 Å². The lowest BCUT2D eigenvalue weighted by Crippen LogP contribution is -1.94. The minimum absolute atomic E-state index is 0.526. The van der Waals surface area contributed by atoms with Gasteiger partial charge in [-0.25, -0.2) is 0 Å². The molecule has 3 aromatic heterocycles. The van der Waals surface area contributed by atoms with Crippen LogP contribution in [0.4, 0.5) is 0 Å². The van der Waals surface area contributed by atoms with Gasteiger partial charge in [0.05, 0.1) is 12.2 Å². The van der Waals surface area contributed by atoms with Crippen LogP contribution in [0.1, 0.15) is 42.8 Å². The third-order valence-corrected chi connectivity index (χ3v) is 4.81. The van der Waals surface area contributed by atoms with Gasteiger partial charge in [-0.05, 0) is 23.8 Å². The van der Waals surface area contributed by atoms with Crippen LogP contribution in [0, 0.1) is 5.92 Å². The quantitative estimate of drug-likeness (QED) is 0.568. The molecule has 3 aromatic rings. The second kappa shape index (κ2) is 7.74. The van der Waals surface area contributed by atoms with E-state index in [1.54, 1.807) is 11.3 Å². The van der Waals surface area contributed by atoms with Crippen LogP contribution < -0.4 is 0 Å². The Morgan fingerprint density at radius 2 is 2.17 bits per heavy atom. The van der Waals surface area contributed by atoms with Crippen molar-refractivity contribution in [2.75, 3.05) is 0 Å². The van der Waals surface area contributed by atoms with Crippen LogP contribution >= 0.6 is 23.1 Å². The standard InChI is InChI=1S/C15H18N4O2S2/c1-10(2)5-6-12-16-14(21-19-12)9-23-15-18-17-13(20-15)8-11-4-3-7-22-11/h3-4,7,10H,5-6,8-9H2,1-2H3. The fourth-order valence-electron chi connectivity index (χ4n) is 1.92. The molecule has 0 unspecified atom stereocenters. The molecule has 0 amide bonds. The molecule has 0 saturated heterocycles. The molecule has 0 aliphatic carbocycles. The molecule has 0 saturated carbocycles. The maximum Gasteiger partial charge on any atom is 0.277 e. The van der Waals surface area contributed by atoms with Gasteiger partial charge in [0.15, 0.2) is 5.82 Å². The number of thioether (sulfide) groups is 1. The van der Waals surface area contributed by atoms with Crippen molar-refractivity contribution in [3.05, 3.63) is 40.0 Å². The van der Waals surface area contributed by atoms with E-state index in [4.69, 9.17) is 8.94 Å². The van der Waals surface area contributed by atoms with Gasteiger partial charge in [0.2, 0.25) is 11.8 Å². The molecule has 0 radical (unpaired) electrons. The summed E-state index contributed by atoms with van der Waals surface area (Å²) in [6, 6.07) is 4.07. The van der Waals surface area contributed by atoms with Crippen molar-refractivity contribution in [1.29, 1.82) is 0 Å². The maximum atomic E-state index is 5.62. The minimum atomic E-state index is 0.526. The molecule has 0 spiro atoms. The van der Waals surface area contributed by atoms with Crippen molar-refractivity contribution in [3.8, 4) is 0 Å². The Morgan fingerprint density at radius 1 is 1.26 bits per heavy atom. The highest BCUT2D eigenvalue weighted by atomic mass is 32.2. The molecule has 0 aliphatic rings. The zero-order chi connectivity index (χ0) is 16.1. The topological polar surface area (TPSA) is 77.8 Å². The van der Waals surface area contributed by atoms with E-state index in [1.807, 2.05) is 11.4 Å². The fraction of sp³-hybridized carbons (Fsp3) is 0.467. The summed E-state index contributed by atoms with van der Waals surface area (Å²) in [6.07, 6.45) is 2.57. The third kappa shape index (κ3) is 4.90. The minimum Gasteiger partial charge on any atom is -0.416 e. The summed E-state index contributed by atoms with van der Waals surface area (Å²) in [5, 5.41) is 14.7. The summed E-state index contributed by atoms with van der Waals surface area (Å²) < 4.78 is 10.9. The molecule has 122 valence electrons. The number of aromatic nitrogens is 4. The van der Waals surface area contributed by atoms with Gasteiger partial charge in [0.1, 0.15) is 0 Å². The van der Waals surface area contributed by atoms with Crippen LogP contribution in [0.5, 0.6) is 0 Å². The average molecular weight is 350 g/mol. The van der Waals surface area contributed by atoms with Crippen LogP contribution in [-0.2, 0) is 18.6 Å². The highest BCUT2D eigenvalue weighted by Gasteiger charge is 2.12. The third-order valence-electron chi connectivity index (χ3n) is 3.13. The summed E-state index contributed by atoms with van der Waals surface area (Å²) in [4.78, 5) is 5.58. The maximum absolute atomic E-state index is 5.62. The molecule has 8 heteroatoms. The summed E-state index contributed by atoms with van der Waals surface area (Å²) in [6.45, 7) is 4.36. The van der Waals surface area contributed by atoms with E-state index in [0.29, 0.717) is 35.1 Å². The number of nitrogens with zero attached hydrogens (tertiary/aromatic N) is 4. The van der Waals surface area contributed by atoms with Crippen LogP contribution in [0.3, 0.4) is 0 Å². The Hall–Kier alpha value is -1.67. The van der Waals surface area contributed by atoms with E-state index in [-0.39, 0.29) is 0 Å². The van der Waals surface area contributed by atoms with Gasteiger partial charge in [-0.3, -0.25) is 0 Å². The molecule has 3 rings (SSSR count). The zero-order valence-electron chi connectivity index (χ0n) is 13.1. The molecule has 0 aliphatic heterocycles. The number of thiophene rings is 1. The molecule has 3 heterocycles. The van der Waals surface area contributed by atoms with Crippen LogP contribution in [0.25, 0.3) is 0 Å². The fourth-order valence-corrected chi connectivity index (χ4v) is 3.24. The van der Waals surface area contributed by atoms with E-state index < -0.39 is 0 Å². The van der Waals surface area contributed by atoms with Gasteiger partial charge in [-0.1, -0.05) is 36.8 Å². The lowest BCUT2D eigenvalue weighted by Gasteiger charge is -1.98. The first-order chi connectivity index (χ1) is 11.2. The Labute approximate surface area is 142 Å². The number of hydrogen-bond donors (Lipinski definition) is 0. The van der Waals surface area contributed by atoms with Crippen molar-refractivity contribution >= 4 is 23.1 Å². The molecule has 23 heavy (non-hydrogen) atoms. The van der Waals surface area contributed by atoms with Crippen LogP contribution in [0.2, 0.25) is 0 Å². The lowest BCUT2D eigenvalue weighted by atomic mass is 10.1. The Morgan fingerprint density at radius 3 is 2.96 bits per heavy atom. The molecular weight excluding hydrogens is 332 g/mol. The molecular formula is C15H18N4O2S2. The van der Waals surface area contributed by atoms with Gasteiger partial charge in [-0.2, -0.15) is 4.98 Å². The van der Waals surface area contributed by atoms with E-state index in [1.165, 1.54) is 16.6 Å². The summed E-state index contributed by atoms with van der Waals surface area (Å²) in [7, 11) is 0. The van der Waals surface area contributed by atoms with E-state index in [0.717, 1.165) is 18.7 Å². The second-order valence-electron chi connectivity index (χ2n) is 5.54. The van der Waals surface area contributed by atoms with Crippen molar-refractivity contribution in [2.45, 2.75) is 44.1 Å². The molecule has 0 fully saturated rings. The molecule has 0 aromatic carbocycles. The van der Waals surface area contributed by atoms with Gasteiger partial charge in [0, 0.05) is 11.3 Å². The highest BCUT2D eigenvalue weighted by Crippen LogP contribution is 2.22. The van der Waals surface area contributed by atoms with E-state index in [9.17, 15) is 0 Å². The first kappa shape index (κ1) is 16.2. The Kier molecular flexibility index (Phi) is 5.45. The summed E-state index contributed by atoms with van der Waals surface area (Å²) in [5.41, 5.74) is 0. The largest absolute Gasteiger partial charge is 0.416 e. The van der Waals surface area contributed by atoms with Gasteiger partial charge in [0.25, 0.3) is 5.22 Å². The van der Waals surface area contributed by atoms with E-state index >= 15 is 0 Å². The van der Waals surface area contributed by atoms with Gasteiger partial charge >= 0.3 is 0 Å². The normalized spacial score (nSPS) is 11.4. The van der Waals surface area contributed by atoms with E-state index in [2.05, 4.69) is 40.3 Å². The van der Waals surface area contributed by atoms with Crippen molar-refractivity contribution in [1.82, 2.24) is 20.3 Å². The number of rotatable bonds is 8. The smallest absolute Gasteiger partial charge is 0.277 e. The first-order valence-electron chi connectivity index (χ1n) is 7.48. The van der Waals surface area contributed by atoms with Crippen LogP contribution in [-0.4, -0.2) is 20.3 Å². The lowest BCUT2D eigenvalue weighted by molar-refractivity contribution is 0.381. The first-order valence-corrected chi connectivity index (χ1v) is 9.34. The number of hydrogen-bond acceptors (Lipinski definition) is 8. The molecule has 0 N–H and O–H groups in total. The molecule has 0 bridgehead atoms.